The first-order valence-corrected chi connectivity index (χ1v) is 7.58. The maximum atomic E-state index is 12.6. The standard InChI is InChI=1S/C12H16N2O4S/c1-8-4-10-11(18-7-17-10)5-12(8)19(15,16)14-3-2-9(13)6-14/h4-5,9H,2-3,6-7,13H2,1H3/t9-/m1/s1. The van der Waals surface area contributed by atoms with E-state index in [-0.39, 0.29) is 17.7 Å². The zero-order chi connectivity index (χ0) is 13.6. The number of nitrogens with two attached hydrogens (primary N) is 1. The molecule has 0 aromatic heterocycles. The Labute approximate surface area is 112 Å². The van der Waals surface area contributed by atoms with Gasteiger partial charge in [-0.2, -0.15) is 4.31 Å². The van der Waals surface area contributed by atoms with Crippen molar-refractivity contribution in [2.75, 3.05) is 19.9 Å². The van der Waals surface area contributed by atoms with E-state index in [0.717, 1.165) is 0 Å². The van der Waals surface area contributed by atoms with Gasteiger partial charge in [0.05, 0.1) is 4.90 Å². The van der Waals surface area contributed by atoms with Crippen molar-refractivity contribution in [2.45, 2.75) is 24.3 Å². The van der Waals surface area contributed by atoms with Gasteiger partial charge in [0, 0.05) is 25.2 Å². The lowest BCUT2D eigenvalue weighted by molar-refractivity contribution is 0.174. The Hall–Kier alpha value is -1.31. The number of nitrogens with zero attached hydrogens (tertiary/aromatic N) is 1. The monoisotopic (exact) mass is 284 g/mol. The summed E-state index contributed by atoms with van der Waals surface area (Å²) in [5, 5.41) is 0. The molecule has 0 spiro atoms. The Morgan fingerprint density at radius 1 is 1.32 bits per heavy atom. The van der Waals surface area contributed by atoms with Crippen molar-refractivity contribution < 1.29 is 17.9 Å². The second-order valence-electron chi connectivity index (χ2n) is 4.88. The van der Waals surface area contributed by atoms with Crippen LogP contribution in [0.5, 0.6) is 11.5 Å². The van der Waals surface area contributed by atoms with Crippen LogP contribution in [0.25, 0.3) is 0 Å². The van der Waals surface area contributed by atoms with Gasteiger partial charge >= 0.3 is 0 Å². The Morgan fingerprint density at radius 3 is 2.63 bits per heavy atom. The van der Waals surface area contributed by atoms with Gasteiger partial charge in [0.1, 0.15) is 0 Å². The van der Waals surface area contributed by atoms with Crippen LogP contribution in [0.3, 0.4) is 0 Å². The molecular formula is C12H16N2O4S. The number of rotatable bonds is 2. The summed E-state index contributed by atoms with van der Waals surface area (Å²) in [6.45, 7) is 2.73. The minimum absolute atomic E-state index is 0.0795. The lowest BCUT2D eigenvalue weighted by Gasteiger charge is -2.17. The van der Waals surface area contributed by atoms with Gasteiger partial charge in [-0.3, -0.25) is 0 Å². The fourth-order valence-corrected chi connectivity index (χ4v) is 4.15. The van der Waals surface area contributed by atoms with E-state index >= 15 is 0 Å². The van der Waals surface area contributed by atoms with Crippen LogP contribution in [0.15, 0.2) is 17.0 Å². The fraction of sp³-hybridized carbons (Fsp3) is 0.500. The van der Waals surface area contributed by atoms with E-state index in [9.17, 15) is 8.42 Å². The van der Waals surface area contributed by atoms with Crippen LogP contribution >= 0.6 is 0 Å². The zero-order valence-corrected chi connectivity index (χ0v) is 11.4. The van der Waals surface area contributed by atoms with Crippen molar-refractivity contribution in [3.63, 3.8) is 0 Å². The van der Waals surface area contributed by atoms with Crippen LogP contribution in [0.4, 0.5) is 0 Å². The third-order valence-electron chi connectivity index (χ3n) is 3.48. The Morgan fingerprint density at radius 2 is 2.00 bits per heavy atom. The predicted molar refractivity (Wildman–Crippen MR) is 68.7 cm³/mol. The SMILES string of the molecule is Cc1cc2c(cc1S(=O)(=O)N1CC[C@@H](N)C1)OCO2. The van der Waals surface area contributed by atoms with Crippen molar-refractivity contribution in [1.82, 2.24) is 4.31 Å². The average Bonchev–Trinajstić information content (AvgIpc) is 2.96. The number of sulfonamides is 1. The molecule has 0 unspecified atom stereocenters. The number of aryl methyl sites for hydroxylation is 1. The lowest BCUT2D eigenvalue weighted by Crippen LogP contribution is -2.32. The lowest BCUT2D eigenvalue weighted by atomic mass is 10.2. The maximum Gasteiger partial charge on any atom is 0.243 e. The molecule has 1 atom stereocenters. The van der Waals surface area contributed by atoms with E-state index in [1.807, 2.05) is 0 Å². The van der Waals surface area contributed by atoms with Crippen LogP contribution in [-0.2, 0) is 10.0 Å². The number of fused-ring (bicyclic) bond motifs is 1. The third kappa shape index (κ3) is 2.07. The van der Waals surface area contributed by atoms with Gasteiger partial charge < -0.3 is 15.2 Å². The zero-order valence-electron chi connectivity index (χ0n) is 10.6. The summed E-state index contributed by atoms with van der Waals surface area (Å²) in [5.74, 6) is 1.07. The molecule has 2 N–H and O–H groups in total. The third-order valence-corrected chi connectivity index (χ3v) is 5.48. The highest BCUT2D eigenvalue weighted by molar-refractivity contribution is 7.89. The molecule has 1 saturated heterocycles. The van der Waals surface area contributed by atoms with Gasteiger partial charge in [0.15, 0.2) is 11.5 Å². The second kappa shape index (κ2) is 4.36. The molecule has 0 saturated carbocycles. The highest BCUT2D eigenvalue weighted by Crippen LogP contribution is 2.37. The van der Waals surface area contributed by atoms with E-state index in [0.29, 0.717) is 36.6 Å². The maximum absolute atomic E-state index is 12.6. The molecular weight excluding hydrogens is 268 g/mol. The molecule has 1 fully saturated rings. The van der Waals surface area contributed by atoms with Crippen LogP contribution in [0.2, 0.25) is 0 Å². The van der Waals surface area contributed by atoms with Gasteiger partial charge in [0.25, 0.3) is 0 Å². The topological polar surface area (TPSA) is 81.9 Å². The van der Waals surface area contributed by atoms with Gasteiger partial charge in [-0.25, -0.2) is 8.42 Å². The van der Waals surface area contributed by atoms with Crippen molar-refractivity contribution in [3.05, 3.63) is 17.7 Å². The predicted octanol–water partition coefficient (Wildman–Crippen LogP) is 0.445. The van der Waals surface area contributed by atoms with Crippen molar-refractivity contribution in [3.8, 4) is 11.5 Å². The normalized spacial score (nSPS) is 22.9. The summed E-state index contributed by atoms with van der Waals surface area (Å²) < 4.78 is 37.1. The van der Waals surface area contributed by atoms with Crippen molar-refractivity contribution in [2.24, 2.45) is 5.73 Å². The average molecular weight is 284 g/mol. The molecule has 19 heavy (non-hydrogen) atoms. The number of ether oxygens (including phenoxy) is 2. The Bertz CT molecular complexity index is 614. The molecule has 104 valence electrons. The van der Waals surface area contributed by atoms with Crippen LogP contribution in [-0.4, -0.2) is 38.6 Å². The summed E-state index contributed by atoms with van der Waals surface area (Å²) in [7, 11) is -3.51. The van der Waals surface area contributed by atoms with Crippen LogP contribution in [0.1, 0.15) is 12.0 Å². The summed E-state index contributed by atoms with van der Waals surface area (Å²) in [5.41, 5.74) is 6.43. The van der Waals surface area contributed by atoms with E-state index in [1.165, 1.54) is 10.4 Å². The molecule has 0 radical (unpaired) electrons. The first-order valence-electron chi connectivity index (χ1n) is 6.14. The molecule has 7 heteroatoms. The van der Waals surface area contributed by atoms with E-state index in [4.69, 9.17) is 15.2 Å². The molecule has 2 aliphatic heterocycles. The summed E-state index contributed by atoms with van der Waals surface area (Å²) >= 11 is 0. The Kier molecular flexibility index (Phi) is 2.92. The summed E-state index contributed by atoms with van der Waals surface area (Å²) in [6, 6.07) is 3.16. The number of benzene rings is 1. The van der Waals surface area contributed by atoms with Gasteiger partial charge in [-0.15, -0.1) is 0 Å². The second-order valence-corrected chi connectivity index (χ2v) is 6.79. The molecule has 2 aliphatic rings. The van der Waals surface area contributed by atoms with E-state index < -0.39 is 10.0 Å². The van der Waals surface area contributed by atoms with Gasteiger partial charge in [-0.05, 0) is 25.0 Å². The molecule has 2 heterocycles. The minimum atomic E-state index is -3.51. The van der Waals surface area contributed by atoms with E-state index in [2.05, 4.69) is 0 Å². The van der Waals surface area contributed by atoms with Crippen LogP contribution < -0.4 is 15.2 Å². The molecule has 1 aromatic rings. The minimum Gasteiger partial charge on any atom is -0.454 e. The molecule has 6 nitrogen and oxygen atoms in total. The number of hydrogen-bond acceptors (Lipinski definition) is 5. The highest BCUT2D eigenvalue weighted by atomic mass is 32.2. The Balaban J connectivity index is 2.02. The fourth-order valence-electron chi connectivity index (χ4n) is 2.41. The molecule has 0 bridgehead atoms. The van der Waals surface area contributed by atoms with Crippen molar-refractivity contribution in [1.29, 1.82) is 0 Å². The highest BCUT2D eigenvalue weighted by Gasteiger charge is 2.33. The molecule has 0 aliphatic carbocycles. The first-order chi connectivity index (χ1) is 8.98. The van der Waals surface area contributed by atoms with Crippen molar-refractivity contribution >= 4 is 10.0 Å². The summed E-state index contributed by atoms with van der Waals surface area (Å²) in [6.07, 6.45) is 0.697. The molecule has 3 rings (SSSR count). The van der Waals surface area contributed by atoms with E-state index in [1.54, 1.807) is 13.0 Å². The van der Waals surface area contributed by atoms with Crippen LogP contribution in [0, 0.1) is 6.92 Å². The molecule has 1 aromatic carbocycles. The van der Waals surface area contributed by atoms with Gasteiger partial charge in [-0.1, -0.05) is 0 Å². The summed E-state index contributed by atoms with van der Waals surface area (Å²) in [4.78, 5) is 0.269. The smallest absolute Gasteiger partial charge is 0.243 e. The largest absolute Gasteiger partial charge is 0.454 e. The van der Waals surface area contributed by atoms with Gasteiger partial charge in [0.2, 0.25) is 16.8 Å². The molecule has 0 amide bonds. The number of hydrogen-bond donors (Lipinski definition) is 1. The quantitative estimate of drug-likeness (QED) is 0.852. The first kappa shape index (κ1) is 12.7.